The van der Waals surface area contributed by atoms with Crippen LogP contribution in [-0.4, -0.2) is 320 Å². The Morgan fingerprint density at radius 1 is 0.317 bits per heavy atom. The predicted molar refractivity (Wildman–Crippen MR) is 495 cm³/mol. The van der Waals surface area contributed by atoms with Crippen LogP contribution in [0.25, 0.3) is 0 Å². The van der Waals surface area contributed by atoms with Gasteiger partial charge in [-0.05, 0) is 120 Å². The van der Waals surface area contributed by atoms with E-state index in [-0.39, 0.29) is 152 Å². The molecule has 0 aromatic rings. The average molecular weight is 1960 g/mol. The second kappa shape index (κ2) is 82.0. The highest BCUT2D eigenvalue weighted by Gasteiger charge is 2.29. The van der Waals surface area contributed by atoms with Gasteiger partial charge in [-0.1, -0.05) is 118 Å². The summed E-state index contributed by atoms with van der Waals surface area (Å²) in [6, 6.07) is 0. The van der Waals surface area contributed by atoms with Gasteiger partial charge in [0.25, 0.3) is 0 Å². The van der Waals surface area contributed by atoms with Crippen LogP contribution in [0.15, 0.2) is 0 Å². The van der Waals surface area contributed by atoms with E-state index in [9.17, 15) is 33.6 Å². The molecule has 0 radical (unpaired) electrons. The molecule has 123 heavy (non-hydrogen) atoms. The Kier molecular flexibility index (Phi) is 98.8. The Labute approximate surface area is 799 Å². The maximum absolute atomic E-state index is 11.9. The Hall–Kier alpha value is -3.22. The maximum Gasteiger partial charge on any atom is 0.225 e. The van der Waals surface area contributed by atoms with Crippen LogP contribution in [0.3, 0.4) is 0 Å². The van der Waals surface area contributed by atoms with Crippen LogP contribution >= 0.6 is 0 Å². The fourth-order valence-corrected chi connectivity index (χ4v) is 11.4. The number of carbonyl (C=O) groups is 9. The lowest BCUT2D eigenvalue weighted by Gasteiger charge is -2.37. The number of rotatable bonds is 48. The van der Waals surface area contributed by atoms with Crippen LogP contribution in [0, 0.1) is 39.9 Å². The number of aliphatic carboxylic acids is 2. The van der Waals surface area contributed by atoms with Gasteiger partial charge in [0.2, 0.25) is 41.4 Å². The highest BCUT2D eigenvalue weighted by Crippen LogP contribution is 2.22. The van der Waals surface area contributed by atoms with Crippen LogP contribution in [0.1, 0.15) is 282 Å². The van der Waals surface area contributed by atoms with Crippen LogP contribution in [-0.2, 0) is 43.2 Å². The summed E-state index contributed by atoms with van der Waals surface area (Å²) < 4.78 is 7.35. The normalized spacial score (nSPS) is 13.2. The van der Waals surface area contributed by atoms with Crippen molar-refractivity contribution in [3.05, 3.63) is 0 Å². The highest BCUT2D eigenvalue weighted by molar-refractivity contribution is 5.83. The van der Waals surface area contributed by atoms with E-state index < -0.39 is 11.9 Å². The minimum absolute atomic E-state index is 0. The van der Waals surface area contributed by atoms with E-state index in [1.807, 2.05) is 96.9 Å². The number of nitrogens with one attached hydrogen (secondary N) is 7. The van der Waals surface area contributed by atoms with Crippen molar-refractivity contribution in [2.75, 3.05) is 236 Å². The first kappa shape index (κ1) is 148. The molecular weight excluding hydrogens is 1760 g/mol. The highest BCUT2D eigenvalue weighted by atomic mass is 79.9. The number of amides is 7. The number of carboxylic acid groups (broad SMARTS) is 2. The zero-order valence-corrected chi connectivity index (χ0v) is 92.3. The molecule has 25 nitrogen and oxygen atoms in total. The molecule has 0 bridgehead atoms. The summed E-state index contributed by atoms with van der Waals surface area (Å²) in [7, 11) is 28.3. The third-order valence-corrected chi connectivity index (χ3v) is 23.2. The van der Waals surface area contributed by atoms with Crippen molar-refractivity contribution in [3.63, 3.8) is 0 Å². The van der Waals surface area contributed by atoms with Crippen molar-refractivity contribution in [1.29, 1.82) is 0 Å². The van der Waals surface area contributed by atoms with E-state index in [0.29, 0.717) is 0 Å². The summed E-state index contributed by atoms with van der Waals surface area (Å²) in [6.07, 6.45) is 17.9. The lowest BCUT2D eigenvalue weighted by Crippen LogP contribution is -3.00. The number of hydrogen-bond acceptors (Lipinski definition) is 11. The minimum Gasteiger partial charge on any atom is -1.00 e. The Bertz CT molecular complexity index is 2470. The topological polar surface area (TPSA) is 284 Å². The number of carboxylic acids is 2. The summed E-state index contributed by atoms with van der Waals surface area (Å²) in [5.41, 5.74) is -0.681. The molecule has 1 rings (SSSR count). The van der Waals surface area contributed by atoms with Gasteiger partial charge in [-0.2, -0.15) is 0 Å². The van der Waals surface area contributed by atoms with Crippen LogP contribution < -0.4 is 119 Å². The smallest absolute Gasteiger partial charge is 0.225 e. The summed E-state index contributed by atoms with van der Waals surface area (Å²) in [4.78, 5) is 99.0. The second-order valence-electron chi connectivity index (χ2n) is 39.3. The molecule has 746 valence electrons. The lowest BCUT2D eigenvalue weighted by atomic mass is 9.89. The summed E-state index contributed by atoms with van der Waals surface area (Å²) in [5.74, 6) is -0.220. The minimum atomic E-state index is -1.08. The first-order valence-corrected chi connectivity index (χ1v) is 46.1. The summed E-state index contributed by atoms with van der Waals surface area (Å²) in [5, 5.41) is 38.8. The Morgan fingerprint density at radius 3 is 0.650 bits per heavy atom. The first-order chi connectivity index (χ1) is 54.1. The fourth-order valence-electron chi connectivity index (χ4n) is 11.4. The molecule has 4 atom stereocenters. The third kappa shape index (κ3) is 93.3. The Balaban J connectivity index is -0.000000102. The molecule has 0 saturated carbocycles. The maximum atomic E-state index is 11.9. The molecular formula is C93H203Br2Cl3N14O11. The molecule has 7 amide bonds. The largest absolute Gasteiger partial charge is 1.00 e. The number of likely N-dealkylation sites (tertiary alicyclic amines) is 1. The number of quaternary nitrogens is 7. The van der Waals surface area contributed by atoms with Crippen molar-refractivity contribution in [2.24, 2.45) is 39.9 Å². The molecule has 4 unspecified atom stereocenters. The van der Waals surface area contributed by atoms with Gasteiger partial charge < -0.3 is 160 Å². The second-order valence-corrected chi connectivity index (χ2v) is 39.3. The molecule has 30 heteroatoms. The van der Waals surface area contributed by atoms with Gasteiger partial charge in [-0.15, -0.1) is 0 Å². The third-order valence-electron chi connectivity index (χ3n) is 23.2. The van der Waals surface area contributed by atoms with E-state index >= 15 is 0 Å². The number of halogens is 5. The van der Waals surface area contributed by atoms with Crippen molar-refractivity contribution in [3.8, 4) is 0 Å². The van der Waals surface area contributed by atoms with Gasteiger partial charge in [0.15, 0.2) is 0 Å². The molecule has 0 spiro atoms. The number of carbonyl (C=O) groups excluding carboxylic acids is 9. The van der Waals surface area contributed by atoms with E-state index in [1.54, 1.807) is 0 Å². The Morgan fingerprint density at radius 2 is 0.488 bits per heavy atom. The fraction of sp³-hybridized carbons (Fsp3) is 0.903. The van der Waals surface area contributed by atoms with Gasteiger partial charge in [0.05, 0.1) is 190 Å². The number of hydrogen-bond donors (Lipinski definition) is 7. The average Bonchev–Trinajstić information content (AvgIpc) is 0.883. The molecule has 1 aliphatic rings. The van der Waals surface area contributed by atoms with Crippen LogP contribution in [0.5, 0.6) is 0 Å². The van der Waals surface area contributed by atoms with Crippen LogP contribution in [0.4, 0.5) is 0 Å². The van der Waals surface area contributed by atoms with E-state index in [2.05, 4.69) is 191 Å². The SMILES string of the molecule is CC(=O)[O-].CC(=O)[O-].CCC(C)(C)C(=O)NCCC[N+](C)(C)C.CCC(C)(C)C(=O)NCCC[N+](C)(C)C.CCC(C)(C)C(=O)NCCC[N+](CC)(CC)CC.CCC(C)C(=O)NCCC[N+](C)(C)C.CCC(C)C(=O)NCCC[N+](C)(C)C.CCC(C)C(=O)NCCC[N+](CC)(CC)CC.CCC(C)C(=O)NCCC[N+]1(C)CCCCC1.[Br-].[Br-].[Cl-].[Cl-].[Cl-]. The van der Waals surface area contributed by atoms with E-state index in [0.717, 1.165) is 205 Å². The molecule has 0 aromatic heterocycles. The molecule has 7 N–H and O–H groups in total. The van der Waals surface area contributed by atoms with Gasteiger partial charge in [-0.3, -0.25) is 33.6 Å². The quantitative estimate of drug-likeness (QED) is 0.0226. The molecule has 0 aromatic carbocycles. The number of nitrogens with zero attached hydrogens (tertiary/aromatic N) is 7. The van der Waals surface area contributed by atoms with Crippen molar-refractivity contribution >= 4 is 53.3 Å². The summed E-state index contributed by atoms with van der Waals surface area (Å²) >= 11 is 0. The van der Waals surface area contributed by atoms with Crippen LogP contribution in [0.2, 0.25) is 0 Å². The van der Waals surface area contributed by atoms with Gasteiger partial charge in [0, 0.05) is 143 Å². The zero-order chi connectivity index (χ0) is 94.0. The predicted octanol–water partition coefficient (Wildman–Crippen LogP) is -4.32. The van der Waals surface area contributed by atoms with Crippen molar-refractivity contribution in [1.82, 2.24) is 37.2 Å². The van der Waals surface area contributed by atoms with Crippen molar-refractivity contribution < 1.29 is 156 Å². The van der Waals surface area contributed by atoms with E-state index in [4.69, 9.17) is 19.8 Å². The monoisotopic (exact) mass is 1960 g/mol. The zero-order valence-electron chi connectivity index (χ0n) is 86.9. The van der Waals surface area contributed by atoms with Gasteiger partial charge in [0.1, 0.15) is 0 Å². The molecule has 1 saturated heterocycles. The van der Waals surface area contributed by atoms with E-state index in [1.165, 1.54) is 93.7 Å². The molecule has 0 aliphatic carbocycles. The number of piperidine rings is 1. The standard InChI is InChI=1S/C15H32N2O.C14H28N2O.C14H30N2O.2C12H26N2O.2C11H24N2O.2C2H4O2.2BrH.3ClH/c1-7-15(5,6)14(18)16-12-11-13-17(8-2,9-3)10-4;1-4-13(2)14(17)15-9-8-12-16(3)10-6-5-7-11-16;1-6-13(5)14(17)15-11-10-12-16(7-2,8-3)9-4;2*1-7-12(2,3)11(15)13-9-8-10-14(4,5)6;2*1-6-10(2)11(14)12-8-7-9-13(3,4)5;2*1-2(3)4;;;;;/h7-13H2,1-6H3;13H,4-12H2,1-3H3;13H,6-12H2,1-5H3;2*7-10H2,1-6H3;2*10H,6-9H2,1-5H3;2*1H3,(H,3,4);5*1H. The first-order valence-electron chi connectivity index (χ1n) is 46.1. The molecule has 1 fully saturated rings. The lowest BCUT2D eigenvalue weighted by molar-refractivity contribution is -0.923. The molecule has 1 aliphatic heterocycles. The van der Waals surface area contributed by atoms with Crippen molar-refractivity contribution in [2.45, 2.75) is 282 Å². The van der Waals surface area contributed by atoms with Gasteiger partial charge in [-0.25, -0.2) is 0 Å². The summed E-state index contributed by atoms with van der Waals surface area (Å²) in [6.45, 7) is 73.0. The molecule has 1 heterocycles. The van der Waals surface area contributed by atoms with Gasteiger partial charge >= 0.3 is 0 Å².